The molecule has 0 spiro atoms. The van der Waals surface area contributed by atoms with Crippen molar-refractivity contribution in [2.45, 2.75) is 85.6 Å². The number of aliphatic hydroxyl groups excluding tert-OH is 2. The summed E-state index contributed by atoms with van der Waals surface area (Å²) >= 11 is 0. The molecule has 5 bridgehead atoms. The van der Waals surface area contributed by atoms with Crippen LogP contribution in [0.3, 0.4) is 0 Å². The van der Waals surface area contributed by atoms with Crippen LogP contribution in [0.15, 0.2) is 42.2 Å². The fourth-order valence-electron chi connectivity index (χ4n) is 6.89. The van der Waals surface area contributed by atoms with E-state index in [1.807, 2.05) is 0 Å². The van der Waals surface area contributed by atoms with Crippen molar-refractivity contribution in [2.75, 3.05) is 19.0 Å². The Bertz CT molecular complexity index is 1900. The van der Waals surface area contributed by atoms with Gasteiger partial charge in [-0.05, 0) is 19.9 Å². The fourth-order valence-corrected chi connectivity index (χ4v) is 6.89. The third kappa shape index (κ3) is 8.17. The van der Waals surface area contributed by atoms with E-state index in [-0.39, 0.29) is 44.7 Å². The summed E-state index contributed by atoms with van der Waals surface area (Å²) in [5.74, 6) is -9.54. The van der Waals surface area contributed by atoms with Crippen LogP contribution in [0.2, 0.25) is 0 Å². The monoisotopic (exact) mass is 755 g/mol. The minimum atomic E-state index is -2.05. The molecule has 6 N–H and O–H groups in total. The number of fused-ring (bicyclic) bond motifs is 14. The van der Waals surface area contributed by atoms with E-state index >= 15 is 0 Å². The third-order valence-electron chi connectivity index (χ3n) is 10.2. The quantitative estimate of drug-likeness (QED) is 0.182. The zero-order chi connectivity index (χ0) is 40.4. The number of hydrogen-bond acceptors (Lipinski definition) is 13. The number of allylic oxidation sites excluding steroid dienone is 2. The SMILES string of the molecule is CO[C@H]1/C=C/O[C@@]2(C)Oc3c(C)c(O)c4c(O)c(cc(OCC(=O)O)c4c3C2=O)NC(=O)/C(C)=C/C=C/[C@H](C)[C@H](O)[C@@H](C)[C@@H](O)[C@@H](C)[C@H](OC(C)=O)[C@@H]1C. The zero-order valence-corrected chi connectivity index (χ0v) is 31.7. The second-order valence-corrected chi connectivity index (χ2v) is 14.1. The minimum absolute atomic E-state index is 0.0301. The second-order valence-electron chi connectivity index (χ2n) is 14.1. The van der Waals surface area contributed by atoms with Crippen molar-refractivity contribution in [3.05, 3.63) is 53.3 Å². The number of anilines is 1. The van der Waals surface area contributed by atoms with Gasteiger partial charge >= 0.3 is 17.7 Å². The zero-order valence-electron chi connectivity index (χ0n) is 31.7. The van der Waals surface area contributed by atoms with Crippen LogP contribution in [-0.4, -0.2) is 93.1 Å². The molecular formula is C39H49NO14. The number of benzene rings is 2. The highest BCUT2D eigenvalue weighted by Crippen LogP contribution is 2.54. The number of aromatic hydroxyl groups is 2. The largest absolute Gasteiger partial charge is 0.507 e. The average molecular weight is 756 g/mol. The van der Waals surface area contributed by atoms with Crippen LogP contribution < -0.4 is 14.8 Å². The first-order chi connectivity index (χ1) is 25.2. The lowest BCUT2D eigenvalue weighted by Crippen LogP contribution is -2.46. The molecule has 0 unspecified atom stereocenters. The number of hydrogen-bond donors (Lipinski definition) is 6. The number of carbonyl (C=O) groups is 4. The summed E-state index contributed by atoms with van der Waals surface area (Å²) in [7, 11) is 1.41. The van der Waals surface area contributed by atoms with E-state index in [1.54, 1.807) is 39.8 Å². The Hall–Kier alpha value is -5.12. The van der Waals surface area contributed by atoms with Crippen LogP contribution in [0.1, 0.15) is 64.4 Å². The minimum Gasteiger partial charge on any atom is -0.507 e. The third-order valence-corrected chi connectivity index (χ3v) is 10.2. The standard InChI is InChI=1S/C39H49NO14/c1-17-11-10-12-18(2)38(49)40-24-15-26(51-16-27(42)43)28-29(34(24)47)33(46)22(6)36-30(28)37(48)39(8,54-36)52-14-13-25(50-9)19(3)35(53-23(7)41)21(5)32(45)20(4)31(17)44/h10-15,17,19-21,25,31-32,35,44-47H,16H2,1-9H3,(H,40,49)(H,42,43)/b11-10+,14-13+,18-12+/t17-,19+,20+,21+,25-,31-,32+,35+,39-/m0/s1. The Balaban J connectivity index is 1.93. The van der Waals surface area contributed by atoms with Gasteiger partial charge in [-0.25, -0.2) is 4.79 Å². The van der Waals surface area contributed by atoms with Gasteiger partial charge in [0.25, 0.3) is 11.7 Å². The molecule has 9 atom stereocenters. The topological polar surface area (TPSA) is 228 Å². The van der Waals surface area contributed by atoms with E-state index in [4.69, 9.17) is 23.7 Å². The summed E-state index contributed by atoms with van der Waals surface area (Å²) < 4.78 is 28.9. The molecule has 0 aliphatic carbocycles. The molecule has 3 heterocycles. The first-order valence-electron chi connectivity index (χ1n) is 17.5. The molecule has 3 aliphatic rings. The summed E-state index contributed by atoms with van der Waals surface area (Å²) in [6.07, 6.45) is 3.37. The van der Waals surface area contributed by atoms with Crippen LogP contribution in [0.4, 0.5) is 5.69 Å². The summed E-state index contributed by atoms with van der Waals surface area (Å²) in [6, 6.07) is 1.13. The van der Waals surface area contributed by atoms with Gasteiger partial charge in [-0.2, -0.15) is 0 Å². The van der Waals surface area contributed by atoms with Crippen LogP contribution in [0.25, 0.3) is 10.8 Å². The number of methoxy groups -OCH3 is 1. The highest BCUT2D eigenvalue weighted by Gasteiger charge is 2.49. The lowest BCUT2D eigenvalue weighted by Gasteiger charge is -2.38. The summed E-state index contributed by atoms with van der Waals surface area (Å²) in [6.45, 7) is 11.4. The van der Waals surface area contributed by atoms with Crippen LogP contribution >= 0.6 is 0 Å². The molecule has 15 nitrogen and oxygen atoms in total. The summed E-state index contributed by atoms with van der Waals surface area (Å²) in [5, 5.41) is 57.0. The van der Waals surface area contributed by atoms with Crippen molar-refractivity contribution < 1.29 is 68.4 Å². The molecule has 2 aromatic rings. The molecule has 54 heavy (non-hydrogen) atoms. The average Bonchev–Trinajstić information content (AvgIpc) is 3.38. The summed E-state index contributed by atoms with van der Waals surface area (Å²) in [5.41, 5.74) is -0.251. The van der Waals surface area contributed by atoms with Crippen molar-refractivity contribution in [2.24, 2.45) is 23.7 Å². The number of rotatable bonds is 5. The maximum absolute atomic E-state index is 14.2. The Labute approximate surface area is 312 Å². The number of aliphatic hydroxyl groups is 2. The maximum atomic E-state index is 14.2. The molecule has 0 fully saturated rings. The number of ether oxygens (including phenoxy) is 5. The number of carbonyl (C=O) groups excluding carboxylic acids is 3. The smallest absolute Gasteiger partial charge is 0.341 e. The predicted octanol–water partition coefficient (Wildman–Crippen LogP) is 4.51. The number of phenolic OH excluding ortho intramolecular Hbond substituents is 2. The number of ketones is 1. The van der Waals surface area contributed by atoms with Gasteiger partial charge in [-0.1, -0.05) is 45.9 Å². The van der Waals surface area contributed by atoms with Crippen LogP contribution in [-0.2, 0) is 28.6 Å². The van der Waals surface area contributed by atoms with Crippen molar-refractivity contribution in [3.8, 4) is 23.0 Å². The Morgan fingerprint density at radius 1 is 0.963 bits per heavy atom. The van der Waals surface area contributed by atoms with Gasteiger partial charge in [0.1, 0.15) is 23.4 Å². The van der Waals surface area contributed by atoms with E-state index in [1.165, 1.54) is 53.2 Å². The van der Waals surface area contributed by atoms with Crippen molar-refractivity contribution >= 4 is 40.1 Å². The summed E-state index contributed by atoms with van der Waals surface area (Å²) in [4.78, 5) is 51.3. The molecule has 0 aromatic heterocycles. The van der Waals surface area contributed by atoms with Crippen molar-refractivity contribution in [1.29, 1.82) is 0 Å². The number of carboxylic acids is 1. The molecule has 3 aliphatic heterocycles. The van der Waals surface area contributed by atoms with E-state index < -0.39 is 95.6 Å². The van der Waals surface area contributed by atoms with Crippen molar-refractivity contribution in [1.82, 2.24) is 0 Å². The Morgan fingerprint density at radius 3 is 2.24 bits per heavy atom. The van der Waals surface area contributed by atoms with Gasteiger partial charge in [-0.15, -0.1) is 0 Å². The first kappa shape index (κ1) is 41.6. The molecule has 15 heteroatoms. The number of phenols is 2. The molecule has 1 amide bonds. The molecule has 0 saturated heterocycles. The number of esters is 1. The van der Waals surface area contributed by atoms with Crippen molar-refractivity contribution in [3.63, 3.8) is 0 Å². The van der Waals surface area contributed by atoms with Gasteiger partial charge < -0.3 is 54.5 Å². The number of amides is 1. The van der Waals surface area contributed by atoms with E-state index in [0.29, 0.717) is 0 Å². The van der Waals surface area contributed by atoms with Gasteiger partial charge in [0.2, 0.25) is 0 Å². The highest BCUT2D eigenvalue weighted by molar-refractivity contribution is 6.21. The number of carboxylic acid groups (broad SMARTS) is 1. The van der Waals surface area contributed by atoms with Gasteiger partial charge in [0, 0.05) is 67.2 Å². The highest BCUT2D eigenvalue weighted by atomic mass is 16.7. The lowest BCUT2D eigenvalue weighted by molar-refractivity contribution is -0.160. The van der Waals surface area contributed by atoms with E-state index in [2.05, 4.69) is 5.32 Å². The number of Topliss-reactive ketones (excluding diaryl/α,β-unsaturated/α-hetero) is 1. The van der Waals surface area contributed by atoms with Crippen LogP contribution in [0, 0.1) is 30.6 Å². The van der Waals surface area contributed by atoms with Crippen LogP contribution in [0.5, 0.6) is 23.0 Å². The molecule has 5 rings (SSSR count). The lowest BCUT2D eigenvalue weighted by atomic mass is 9.78. The Kier molecular flexibility index (Phi) is 12.7. The number of aliphatic carboxylic acids is 1. The molecular weight excluding hydrogens is 706 g/mol. The molecule has 0 saturated carbocycles. The normalized spacial score (nSPS) is 31.5. The van der Waals surface area contributed by atoms with E-state index in [0.717, 1.165) is 6.07 Å². The van der Waals surface area contributed by atoms with Gasteiger partial charge in [-0.3, -0.25) is 14.4 Å². The fraction of sp³-hybridized carbons (Fsp3) is 0.487. The predicted molar refractivity (Wildman–Crippen MR) is 195 cm³/mol. The Morgan fingerprint density at radius 2 is 1.63 bits per heavy atom. The van der Waals surface area contributed by atoms with E-state index in [9.17, 15) is 44.7 Å². The maximum Gasteiger partial charge on any atom is 0.341 e. The number of nitrogens with one attached hydrogen (secondary N) is 1. The van der Waals surface area contributed by atoms with Gasteiger partial charge in [0.15, 0.2) is 12.4 Å². The first-order valence-corrected chi connectivity index (χ1v) is 17.5. The second kappa shape index (κ2) is 16.5. The molecule has 0 radical (unpaired) electrons. The molecule has 294 valence electrons. The van der Waals surface area contributed by atoms with Gasteiger partial charge in [0.05, 0.1) is 41.2 Å². The molecule has 2 aromatic carbocycles.